The molecule has 2 aromatic heterocycles. The number of aryl methyl sites for hydroxylation is 2. The normalized spacial score (nSPS) is 14.3. The molecule has 0 bridgehead atoms. The maximum Gasteiger partial charge on any atom is 0.322 e. The van der Waals surface area contributed by atoms with Crippen molar-refractivity contribution >= 4 is 11.7 Å². The molecule has 3 heterocycles. The molecule has 0 radical (unpaired) electrons. The molecule has 0 saturated carbocycles. The fourth-order valence-corrected chi connectivity index (χ4v) is 5.58. The molecule has 5 aromatic rings. The second-order valence-electron chi connectivity index (χ2n) is 10.1. The smallest absolute Gasteiger partial charge is 0.322 e. The maximum absolute atomic E-state index is 14.3. The zero-order valence-electron chi connectivity index (χ0n) is 23.3. The molecule has 1 N–H and O–H groups in total. The van der Waals surface area contributed by atoms with Crippen LogP contribution in [0.2, 0.25) is 0 Å². The topological polar surface area (TPSA) is 64.3 Å². The van der Waals surface area contributed by atoms with Crippen LogP contribution in [0.15, 0.2) is 91.1 Å². The third kappa shape index (κ3) is 4.33. The van der Waals surface area contributed by atoms with Gasteiger partial charge in [0.25, 0.3) is 0 Å². The summed E-state index contributed by atoms with van der Waals surface area (Å²) in [5, 5.41) is 8.27. The number of para-hydroxylation sites is 1. The predicted molar refractivity (Wildman–Crippen MR) is 158 cm³/mol. The van der Waals surface area contributed by atoms with Gasteiger partial charge in [-0.3, -0.25) is 0 Å². The fraction of sp³-hybridized carbons (Fsp3) is 0.212. The lowest BCUT2D eigenvalue weighted by Crippen LogP contribution is -2.38. The van der Waals surface area contributed by atoms with Crippen molar-refractivity contribution in [3.63, 3.8) is 0 Å². The van der Waals surface area contributed by atoms with Gasteiger partial charge in [0.2, 0.25) is 0 Å². The van der Waals surface area contributed by atoms with Gasteiger partial charge in [0, 0.05) is 17.4 Å². The summed E-state index contributed by atoms with van der Waals surface area (Å²) in [6.07, 6.45) is 2.81. The van der Waals surface area contributed by atoms with Crippen LogP contribution < -0.4 is 10.1 Å². The summed E-state index contributed by atoms with van der Waals surface area (Å²) >= 11 is 0. The molecule has 7 nitrogen and oxygen atoms in total. The lowest BCUT2D eigenvalue weighted by molar-refractivity contribution is 0.194. The zero-order valence-corrected chi connectivity index (χ0v) is 23.3. The molecular formula is C33H33N5O2. The van der Waals surface area contributed by atoms with Gasteiger partial charge in [0.1, 0.15) is 11.6 Å². The highest BCUT2D eigenvalue weighted by Crippen LogP contribution is 2.39. The summed E-state index contributed by atoms with van der Waals surface area (Å²) < 4.78 is 9.78. The van der Waals surface area contributed by atoms with Gasteiger partial charge in [-0.25, -0.2) is 9.48 Å². The van der Waals surface area contributed by atoms with Crippen LogP contribution in [0, 0.1) is 13.8 Å². The van der Waals surface area contributed by atoms with E-state index < -0.39 is 0 Å². The first-order chi connectivity index (χ1) is 19.5. The highest BCUT2D eigenvalue weighted by Gasteiger charge is 2.36. The molecule has 0 saturated heterocycles. The molecule has 3 aromatic carbocycles. The molecule has 1 atom stereocenters. The number of methoxy groups -OCH3 is 1. The molecule has 1 unspecified atom stereocenters. The number of hydrogen-bond acceptors (Lipinski definition) is 3. The maximum atomic E-state index is 14.3. The summed E-state index contributed by atoms with van der Waals surface area (Å²) in [7, 11) is 1.66. The summed E-state index contributed by atoms with van der Waals surface area (Å²) in [5.74, 6) is 1.70. The molecule has 0 fully saturated rings. The van der Waals surface area contributed by atoms with Gasteiger partial charge in [-0.2, -0.15) is 5.10 Å². The highest BCUT2D eigenvalue weighted by atomic mass is 16.5. The van der Waals surface area contributed by atoms with Gasteiger partial charge in [0.15, 0.2) is 0 Å². The molecule has 0 aliphatic carbocycles. The van der Waals surface area contributed by atoms with Crippen LogP contribution in [0.3, 0.4) is 0 Å². The number of amides is 2. The SMILES string of the molecule is CCc1nn(-c2ccccc2)c2c1CN(C(=O)Nc1cccc(C)c1C)C(c1cccc(OC)c1)c1cccn1-2. The molecule has 202 valence electrons. The van der Waals surface area contributed by atoms with Crippen molar-refractivity contribution in [2.75, 3.05) is 12.4 Å². The minimum atomic E-state index is -0.364. The summed E-state index contributed by atoms with van der Waals surface area (Å²) in [6, 6.07) is 27.7. The molecule has 0 spiro atoms. The van der Waals surface area contributed by atoms with Gasteiger partial charge < -0.3 is 19.5 Å². The number of benzene rings is 3. The van der Waals surface area contributed by atoms with Crippen LogP contribution in [-0.4, -0.2) is 32.4 Å². The Kier molecular flexibility index (Phi) is 6.64. The minimum absolute atomic E-state index is 0.170. The number of carbonyl (C=O) groups excluding carboxylic acids is 1. The van der Waals surface area contributed by atoms with E-state index in [9.17, 15) is 4.79 Å². The average molecular weight is 532 g/mol. The number of nitrogens with one attached hydrogen (secondary N) is 1. The van der Waals surface area contributed by atoms with Crippen molar-refractivity contribution in [2.24, 2.45) is 0 Å². The van der Waals surface area contributed by atoms with E-state index in [-0.39, 0.29) is 12.1 Å². The van der Waals surface area contributed by atoms with Crippen molar-refractivity contribution in [1.29, 1.82) is 0 Å². The van der Waals surface area contributed by atoms with Gasteiger partial charge in [-0.1, -0.05) is 49.4 Å². The van der Waals surface area contributed by atoms with Gasteiger partial charge in [-0.15, -0.1) is 0 Å². The van der Waals surface area contributed by atoms with Crippen LogP contribution in [-0.2, 0) is 13.0 Å². The monoisotopic (exact) mass is 531 g/mol. The molecule has 2 amide bonds. The van der Waals surface area contributed by atoms with E-state index in [1.54, 1.807) is 7.11 Å². The Balaban J connectivity index is 1.56. The number of aromatic nitrogens is 3. The highest BCUT2D eigenvalue weighted by molar-refractivity contribution is 5.91. The van der Waals surface area contributed by atoms with E-state index in [4.69, 9.17) is 9.84 Å². The van der Waals surface area contributed by atoms with Crippen molar-refractivity contribution in [2.45, 2.75) is 39.8 Å². The van der Waals surface area contributed by atoms with Crippen LogP contribution in [0.1, 0.15) is 46.6 Å². The lowest BCUT2D eigenvalue weighted by Gasteiger charge is -2.31. The lowest BCUT2D eigenvalue weighted by atomic mass is 10.0. The van der Waals surface area contributed by atoms with Crippen LogP contribution >= 0.6 is 0 Å². The van der Waals surface area contributed by atoms with Crippen molar-refractivity contribution in [3.05, 3.63) is 125 Å². The van der Waals surface area contributed by atoms with E-state index in [1.807, 2.05) is 71.1 Å². The number of rotatable bonds is 5. The quantitative estimate of drug-likeness (QED) is 0.266. The average Bonchev–Trinajstić information content (AvgIpc) is 3.57. The number of carbonyl (C=O) groups is 1. The molecular weight excluding hydrogens is 498 g/mol. The van der Waals surface area contributed by atoms with E-state index in [0.717, 1.165) is 63.0 Å². The van der Waals surface area contributed by atoms with E-state index in [2.05, 4.69) is 60.3 Å². The third-order valence-corrected chi connectivity index (χ3v) is 7.82. The van der Waals surface area contributed by atoms with Gasteiger partial charge >= 0.3 is 6.03 Å². The van der Waals surface area contributed by atoms with Crippen molar-refractivity contribution < 1.29 is 9.53 Å². The Bertz CT molecular complexity index is 1680. The Morgan fingerprint density at radius 1 is 1.00 bits per heavy atom. The Morgan fingerprint density at radius 3 is 2.58 bits per heavy atom. The number of nitrogens with zero attached hydrogens (tertiary/aromatic N) is 4. The van der Waals surface area contributed by atoms with E-state index in [1.165, 1.54) is 0 Å². The van der Waals surface area contributed by atoms with Crippen LogP contribution in [0.4, 0.5) is 10.5 Å². The first-order valence-electron chi connectivity index (χ1n) is 13.6. The van der Waals surface area contributed by atoms with Crippen molar-refractivity contribution in [1.82, 2.24) is 19.2 Å². The first-order valence-corrected chi connectivity index (χ1v) is 13.6. The number of fused-ring (bicyclic) bond motifs is 3. The summed E-state index contributed by atoms with van der Waals surface area (Å²) in [5.41, 5.74) is 7.92. The van der Waals surface area contributed by atoms with E-state index in [0.29, 0.717) is 6.54 Å². The Labute approximate surface area is 234 Å². The second kappa shape index (κ2) is 10.4. The molecule has 40 heavy (non-hydrogen) atoms. The predicted octanol–water partition coefficient (Wildman–Crippen LogP) is 6.99. The van der Waals surface area contributed by atoms with E-state index >= 15 is 0 Å². The number of hydrogen-bond donors (Lipinski definition) is 1. The first kappa shape index (κ1) is 25.5. The van der Waals surface area contributed by atoms with Gasteiger partial charge in [0.05, 0.1) is 36.8 Å². The fourth-order valence-electron chi connectivity index (χ4n) is 5.58. The Morgan fingerprint density at radius 2 is 1.80 bits per heavy atom. The molecule has 6 rings (SSSR count). The standard InChI is InChI=1S/C33H33N5O2/c1-5-28-27-21-37(33(39)34-29-17-9-12-22(2)23(29)3)31(24-13-10-16-26(20-24)40-4)30-18-11-19-36(30)32(27)38(35-28)25-14-7-6-8-15-25/h6-20,31H,5,21H2,1-4H3,(H,34,39). The second-order valence-corrected chi connectivity index (χ2v) is 10.1. The molecule has 1 aliphatic heterocycles. The molecule has 1 aliphatic rings. The number of urea groups is 1. The zero-order chi connectivity index (χ0) is 27.8. The van der Waals surface area contributed by atoms with Gasteiger partial charge in [-0.05, 0) is 79.4 Å². The summed E-state index contributed by atoms with van der Waals surface area (Å²) in [6.45, 7) is 6.60. The van der Waals surface area contributed by atoms with Crippen LogP contribution in [0.25, 0.3) is 11.5 Å². The van der Waals surface area contributed by atoms with Crippen LogP contribution in [0.5, 0.6) is 5.75 Å². The summed E-state index contributed by atoms with van der Waals surface area (Å²) in [4.78, 5) is 16.2. The largest absolute Gasteiger partial charge is 0.497 e. The Hall–Kier alpha value is -4.78. The number of ether oxygens (including phenoxy) is 1. The third-order valence-electron chi connectivity index (χ3n) is 7.82. The number of anilines is 1. The minimum Gasteiger partial charge on any atom is -0.497 e. The van der Waals surface area contributed by atoms with Crippen molar-refractivity contribution in [3.8, 4) is 17.3 Å². The molecule has 7 heteroatoms.